The van der Waals surface area contributed by atoms with E-state index in [1.165, 1.54) is 23.3 Å². The Labute approximate surface area is 186 Å². The zero-order chi connectivity index (χ0) is 22.8. The van der Waals surface area contributed by atoms with Gasteiger partial charge in [0.25, 0.3) is 11.4 Å². The third-order valence-electron chi connectivity index (χ3n) is 6.11. The summed E-state index contributed by atoms with van der Waals surface area (Å²) in [5, 5.41) is 22.6. The summed E-state index contributed by atoms with van der Waals surface area (Å²) in [6, 6.07) is 19.4. The van der Waals surface area contributed by atoms with Gasteiger partial charge in [0.1, 0.15) is 0 Å². The van der Waals surface area contributed by atoms with Gasteiger partial charge in [-0.1, -0.05) is 48.0 Å². The molecule has 1 saturated heterocycles. The molecule has 0 aromatic heterocycles. The van der Waals surface area contributed by atoms with Crippen LogP contribution in [0.1, 0.15) is 58.8 Å². The van der Waals surface area contributed by atoms with Crippen molar-refractivity contribution in [3.63, 3.8) is 0 Å². The molecule has 1 aliphatic rings. The van der Waals surface area contributed by atoms with Gasteiger partial charge in [0.05, 0.1) is 22.1 Å². The second kappa shape index (κ2) is 8.88. The maximum atomic E-state index is 11.3. The maximum absolute atomic E-state index is 11.3. The highest BCUT2D eigenvalue weighted by atomic mass is 16.6. The van der Waals surface area contributed by atoms with Crippen molar-refractivity contribution in [3.8, 4) is 0 Å². The van der Waals surface area contributed by atoms with Crippen LogP contribution in [0, 0.1) is 34.1 Å². The first kappa shape index (κ1) is 21.6. The Hall–Kier alpha value is -3.58. The summed E-state index contributed by atoms with van der Waals surface area (Å²) in [7, 11) is 0. The summed E-state index contributed by atoms with van der Waals surface area (Å²) in [6.45, 7) is 4.13. The van der Waals surface area contributed by atoms with Crippen LogP contribution in [0.15, 0.2) is 66.7 Å². The Morgan fingerprint density at radius 1 is 0.781 bits per heavy atom. The quantitative estimate of drug-likeness (QED) is 0.339. The first-order valence-corrected chi connectivity index (χ1v) is 10.5. The van der Waals surface area contributed by atoms with E-state index in [2.05, 4.69) is 32.0 Å². The van der Waals surface area contributed by atoms with Crippen LogP contribution < -0.4 is 0 Å². The molecule has 1 aliphatic heterocycles. The molecule has 0 spiro atoms. The van der Waals surface area contributed by atoms with Gasteiger partial charge < -0.3 is 4.74 Å². The van der Waals surface area contributed by atoms with Gasteiger partial charge in [0.15, 0.2) is 0 Å². The molecule has 1 unspecified atom stereocenters. The van der Waals surface area contributed by atoms with E-state index in [1.54, 1.807) is 24.3 Å². The summed E-state index contributed by atoms with van der Waals surface area (Å²) >= 11 is 0. The highest BCUT2D eigenvalue weighted by Gasteiger charge is 2.34. The third kappa shape index (κ3) is 4.53. The van der Waals surface area contributed by atoms with Crippen LogP contribution in [0.5, 0.6) is 0 Å². The third-order valence-corrected chi connectivity index (χ3v) is 6.11. The van der Waals surface area contributed by atoms with Crippen LogP contribution in [0.25, 0.3) is 0 Å². The molecule has 4 rings (SSSR count). The van der Waals surface area contributed by atoms with Crippen molar-refractivity contribution in [2.45, 2.75) is 44.8 Å². The standard InChI is InChI=1S/C25H24N2O5/c1-16-9-10-17(2)23(11-16)20-14-24(18-5-3-7-21(12-18)26(28)29)32-25(15-20)19-6-4-8-22(13-19)27(30)31/h3-13,20,24-25H,14-15H2,1-2H3/t20?,24-,25+. The zero-order valence-corrected chi connectivity index (χ0v) is 17.9. The van der Waals surface area contributed by atoms with E-state index in [-0.39, 0.29) is 29.5 Å². The molecule has 164 valence electrons. The highest BCUT2D eigenvalue weighted by Crippen LogP contribution is 2.47. The molecule has 0 N–H and O–H groups in total. The van der Waals surface area contributed by atoms with Crippen LogP contribution in [0.4, 0.5) is 11.4 Å². The van der Waals surface area contributed by atoms with E-state index in [0.717, 1.165) is 16.7 Å². The largest absolute Gasteiger partial charge is 0.366 e. The monoisotopic (exact) mass is 432 g/mol. The molecule has 0 saturated carbocycles. The van der Waals surface area contributed by atoms with Gasteiger partial charge in [-0.15, -0.1) is 0 Å². The minimum atomic E-state index is -0.410. The Morgan fingerprint density at radius 2 is 1.31 bits per heavy atom. The molecule has 0 bridgehead atoms. The molecule has 3 aromatic rings. The summed E-state index contributed by atoms with van der Waals surface area (Å²) < 4.78 is 6.40. The summed E-state index contributed by atoms with van der Waals surface area (Å²) in [5.41, 5.74) is 5.08. The number of ether oxygens (including phenoxy) is 1. The average molecular weight is 432 g/mol. The van der Waals surface area contributed by atoms with Crippen molar-refractivity contribution in [1.29, 1.82) is 0 Å². The van der Waals surface area contributed by atoms with Crippen LogP contribution >= 0.6 is 0 Å². The lowest BCUT2D eigenvalue weighted by molar-refractivity contribution is -0.385. The van der Waals surface area contributed by atoms with Gasteiger partial charge in [-0.2, -0.15) is 0 Å². The molecule has 0 amide bonds. The predicted octanol–water partition coefficient (Wildman–Crippen LogP) is 6.50. The van der Waals surface area contributed by atoms with E-state index >= 15 is 0 Å². The fraction of sp³-hybridized carbons (Fsp3) is 0.280. The summed E-state index contributed by atoms with van der Waals surface area (Å²) in [4.78, 5) is 21.8. The number of nitro benzene ring substituents is 2. The van der Waals surface area contributed by atoms with Crippen LogP contribution in [-0.2, 0) is 4.74 Å². The van der Waals surface area contributed by atoms with E-state index < -0.39 is 9.85 Å². The lowest BCUT2D eigenvalue weighted by Gasteiger charge is -2.37. The Balaban J connectivity index is 1.75. The van der Waals surface area contributed by atoms with E-state index in [4.69, 9.17) is 4.74 Å². The highest BCUT2D eigenvalue weighted by molar-refractivity contribution is 5.39. The van der Waals surface area contributed by atoms with Crippen molar-refractivity contribution >= 4 is 11.4 Å². The molecule has 32 heavy (non-hydrogen) atoms. The van der Waals surface area contributed by atoms with Crippen LogP contribution in [-0.4, -0.2) is 9.85 Å². The predicted molar refractivity (Wildman–Crippen MR) is 121 cm³/mol. The second-order valence-electron chi connectivity index (χ2n) is 8.35. The number of hydrogen-bond donors (Lipinski definition) is 0. The van der Waals surface area contributed by atoms with Crippen molar-refractivity contribution in [1.82, 2.24) is 0 Å². The SMILES string of the molecule is Cc1ccc(C)c(C2C[C@@H](c3cccc([N+](=O)[O-])c3)O[C@@H](c3cccc([N+](=O)[O-])c3)C2)c1. The molecule has 1 heterocycles. The normalized spacial score (nSPS) is 20.6. The molecule has 1 fully saturated rings. The molecule has 0 radical (unpaired) electrons. The number of non-ortho nitro benzene ring substituents is 2. The van der Waals surface area contributed by atoms with Crippen LogP contribution in [0.3, 0.4) is 0 Å². The van der Waals surface area contributed by atoms with E-state index in [1.807, 2.05) is 12.1 Å². The topological polar surface area (TPSA) is 95.5 Å². The molecule has 3 aromatic carbocycles. The van der Waals surface area contributed by atoms with Gasteiger partial charge in [-0.25, -0.2) is 0 Å². The minimum Gasteiger partial charge on any atom is -0.366 e. The number of rotatable bonds is 5. The number of benzene rings is 3. The van der Waals surface area contributed by atoms with Gasteiger partial charge >= 0.3 is 0 Å². The Kier molecular flexibility index (Phi) is 6.01. The smallest absolute Gasteiger partial charge is 0.269 e. The minimum absolute atomic E-state index is 0.0202. The van der Waals surface area contributed by atoms with Crippen molar-refractivity contribution in [2.75, 3.05) is 0 Å². The number of hydrogen-bond acceptors (Lipinski definition) is 5. The van der Waals surface area contributed by atoms with E-state index in [0.29, 0.717) is 12.8 Å². The van der Waals surface area contributed by atoms with Crippen molar-refractivity contribution in [2.24, 2.45) is 0 Å². The van der Waals surface area contributed by atoms with Crippen LogP contribution in [0.2, 0.25) is 0 Å². The van der Waals surface area contributed by atoms with Crippen molar-refractivity contribution < 1.29 is 14.6 Å². The van der Waals surface area contributed by atoms with Gasteiger partial charge in [0.2, 0.25) is 0 Å². The number of nitrogens with zero attached hydrogens (tertiary/aromatic N) is 2. The summed E-state index contributed by atoms with van der Waals surface area (Å²) in [6.07, 6.45) is 0.629. The Bertz CT molecular complexity index is 1110. The molecule has 7 heteroatoms. The lowest BCUT2D eigenvalue weighted by atomic mass is 9.80. The van der Waals surface area contributed by atoms with Crippen molar-refractivity contribution in [3.05, 3.63) is 115 Å². The maximum Gasteiger partial charge on any atom is 0.269 e. The Morgan fingerprint density at radius 3 is 1.81 bits per heavy atom. The fourth-order valence-corrected chi connectivity index (χ4v) is 4.48. The number of nitro groups is 2. The van der Waals surface area contributed by atoms with Gasteiger partial charge in [-0.3, -0.25) is 20.2 Å². The van der Waals surface area contributed by atoms with E-state index in [9.17, 15) is 20.2 Å². The fourth-order valence-electron chi connectivity index (χ4n) is 4.48. The molecular formula is C25H24N2O5. The van der Waals surface area contributed by atoms with Gasteiger partial charge in [-0.05, 0) is 54.9 Å². The molecular weight excluding hydrogens is 408 g/mol. The first-order valence-electron chi connectivity index (χ1n) is 10.5. The average Bonchev–Trinajstić information content (AvgIpc) is 2.80. The summed E-state index contributed by atoms with van der Waals surface area (Å²) in [5.74, 6) is 0.150. The lowest BCUT2D eigenvalue weighted by Crippen LogP contribution is -2.23. The zero-order valence-electron chi connectivity index (χ0n) is 17.9. The number of aryl methyl sites for hydroxylation is 2. The second-order valence-corrected chi connectivity index (χ2v) is 8.35. The molecule has 3 atom stereocenters. The molecule has 0 aliphatic carbocycles. The van der Waals surface area contributed by atoms with Gasteiger partial charge in [0, 0.05) is 24.3 Å². The first-order chi connectivity index (χ1) is 15.3. The molecule has 7 nitrogen and oxygen atoms in total.